The quantitative estimate of drug-likeness (QED) is 0.476. The lowest BCUT2D eigenvalue weighted by molar-refractivity contribution is 0.0949. The molecule has 1 aliphatic heterocycles. The molecule has 32 heavy (non-hydrogen) atoms. The first-order chi connectivity index (χ1) is 15.7. The number of nitrogens with zero attached hydrogens (tertiary/aromatic N) is 3. The van der Waals surface area contributed by atoms with Gasteiger partial charge in [0, 0.05) is 37.2 Å². The van der Waals surface area contributed by atoms with E-state index in [1.165, 1.54) is 16.8 Å². The van der Waals surface area contributed by atoms with E-state index in [9.17, 15) is 4.79 Å². The Morgan fingerprint density at radius 1 is 1.12 bits per heavy atom. The van der Waals surface area contributed by atoms with Crippen molar-refractivity contribution < 1.29 is 9.21 Å². The van der Waals surface area contributed by atoms with Gasteiger partial charge in [-0.2, -0.15) is 0 Å². The van der Waals surface area contributed by atoms with E-state index in [0.717, 1.165) is 18.5 Å². The van der Waals surface area contributed by atoms with E-state index in [-0.39, 0.29) is 5.91 Å². The third kappa shape index (κ3) is 4.17. The molecule has 2 aromatic heterocycles. The second kappa shape index (κ2) is 8.75. The van der Waals surface area contributed by atoms with E-state index in [0.29, 0.717) is 30.5 Å². The molecule has 0 saturated carbocycles. The van der Waals surface area contributed by atoms with Crippen LogP contribution in [0.1, 0.15) is 39.7 Å². The molecule has 6 heteroatoms. The Morgan fingerprint density at radius 3 is 2.88 bits per heavy atom. The summed E-state index contributed by atoms with van der Waals surface area (Å²) in [4.78, 5) is 19.3. The van der Waals surface area contributed by atoms with Gasteiger partial charge in [0.25, 0.3) is 5.91 Å². The molecule has 1 amide bonds. The number of aromatic nitrogens is 2. The van der Waals surface area contributed by atoms with Crippen LogP contribution < -0.4 is 10.2 Å². The van der Waals surface area contributed by atoms with Crippen LogP contribution in [-0.2, 0) is 26.1 Å². The first-order valence-corrected chi connectivity index (χ1v) is 10.9. The van der Waals surface area contributed by atoms with Crippen LogP contribution in [0, 0.1) is 0 Å². The largest absolute Gasteiger partial charge is 0.467 e. The third-order valence-corrected chi connectivity index (χ3v) is 6.02. The van der Waals surface area contributed by atoms with E-state index in [4.69, 9.17) is 4.42 Å². The molecule has 1 unspecified atom stereocenters. The van der Waals surface area contributed by atoms with E-state index < -0.39 is 0 Å². The molecule has 3 heterocycles. The summed E-state index contributed by atoms with van der Waals surface area (Å²) in [6, 6.07) is 18.8. The van der Waals surface area contributed by atoms with Crippen LogP contribution in [0.2, 0.25) is 0 Å². The second-order valence-corrected chi connectivity index (χ2v) is 8.30. The van der Waals surface area contributed by atoms with Crippen LogP contribution in [0.25, 0.3) is 0 Å². The number of carbonyl (C=O) groups is 1. The molecule has 0 aliphatic carbocycles. The number of anilines is 1. The van der Waals surface area contributed by atoms with Crippen molar-refractivity contribution in [3.8, 4) is 0 Å². The summed E-state index contributed by atoms with van der Waals surface area (Å²) in [5.74, 6) is 0.578. The van der Waals surface area contributed by atoms with Crippen LogP contribution in [-0.4, -0.2) is 21.5 Å². The van der Waals surface area contributed by atoms with E-state index >= 15 is 0 Å². The van der Waals surface area contributed by atoms with Crippen LogP contribution >= 0.6 is 0 Å². The summed E-state index contributed by atoms with van der Waals surface area (Å²) in [7, 11) is 0. The smallest absolute Gasteiger partial charge is 0.255 e. The fourth-order valence-corrected chi connectivity index (χ4v) is 4.40. The molecule has 0 bridgehead atoms. The monoisotopic (exact) mass is 426 g/mol. The molecule has 0 radical (unpaired) electrons. The van der Waals surface area contributed by atoms with Crippen LogP contribution in [0.3, 0.4) is 0 Å². The Labute approximate surface area is 187 Å². The minimum atomic E-state index is -0.117. The normalized spacial score (nSPS) is 15.0. The Hall–Kier alpha value is -3.80. The minimum Gasteiger partial charge on any atom is -0.467 e. The first-order valence-electron chi connectivity index (χ1n) is 10.9. The van der Waals surface area contributed by atoms with Gasteiger partial charge in [0.05, 0.1) is 24.7 Å². The number of furan rings is 1. The molecule has 0 fully saturated rings. The number of fused-ring (bicyclic) bond motifs is 1. The third-order valence-electron chi connectivity index (χ3n) is 6.02. The van der Waals surface area contributed by atoms with Crippen LogP contribution in [0.5, 0.6) is 0 Å². The maximum atomic E-state index is 12.9. The number of carbonyl (C=O) groups excluding carboxylic acids is 1. The van der Waals surface area contributed by atoms with Gasteiger partial charge in [0.15, 0.2) is 0 Å². The molecule has 4 aromatic rings. The highest BCUT2D eigenvalue weighted by atomic mass is 16.3. The first kappa shape index (κ1) is 20.1. The van der Waals surface area contributed by atoms with Crippen molar-refractivity contribution in [3.05, 3.63) is 108 Å². The number of imidazole rings is 1. The summed E-state index contributed by atoms with van der Waals surface area (Å²) in [6.45, 7) is 4.00. The highest BCUT2D eigenvalue weighted by Crippen LogP contribution is 2.33. The van der Waals surface area contributed by atoms with Crippen LogP contribution in [0.15, 0.2) is 84.0 Å². The highest BCUT2D eigenvalue weighted by Gasteiger charge is 2.27. The van der Waals surface area contributed by atoms with Gasteiger partial charge >= 0.3 is 0 Å². The zero-order valence-electron chi connectivity index (χ0n) is 18.1. The maximum absolute atomic E-state index is 12.9. The van der Waals surface area contributed by atoms with Gasteiger partial charge in [0.2, 0.25) is 0 Å². The van der Waals surface area contributed by atoms with E-state index in [1.807, 2.05) is 22.9 Å². The Morgan fingerprint density at radius 2 is 2.00 bits per heavy atom. The number of amides is 1. The van der Waals surface area contributed by atoms with Gasteiger partial charge in [-0.1, -0.05) is 42.5 Å². The van der Waals surface area contributed by atoms with Gasteiger partial charge < -0.3 is 19.2 Å². The van der Waals surface area contributed by atoms with E-state index in [2.05, 4.69) is 58.5 Å². The SMILES string of the molecule is CC1Cc2ccccc2N1Cc1occc1C(=O)NCc1cccc(Cn2ccnc2)c1. The molecule has 0 spiro atoms. The number of hydrogen-bond acceptors (Lipinski definition) is 4. The molecule has 1 atom stereocenters. The lowest BCUT2D eigenvalue weighted by atomic mass is 10.1. The molecule has 5 rings (SSSR count). The standard InChI is InChI=1S/C26H26N4O2/c1-19-13-22-7-2-3-8-24(22)30(19)17-25-23(9-12-32-25)26(31)28-15-20-5-4-6-21(14-20)16-29-11-10-27-18-29/h2-12,14,18-19H,13,15-17H2,1H3,(H,28,31). The zero-order valence-corrected chi connectivity index (χ0v) is 18.1. The van der Waals surface area contributed by atoms with Gasteiger partial charge in [-0.05, 0) is 42.2 Å². The van der Waals surface area contributed by atoms with Crippen molar-refractivity contribution in [3.63, 3.8) is 0 Å². The lowest BCUT2D eigenvalue weighted by Gasteiger charge is -2.24. The summed E-state index contributed by atoms with van der Waals surface area (Å²) < 4.78 is 7.75. The number of nitrogens with one attached hydrogen (secondary N) is 1. The lowest BCUT2D eigenvalue weighted by Crippen LogP contribution is -2.30. The Bertz CT molecular complexity index is 1210. The molecular formula is C26H26N4O2. The van der Waals surface area contributed by atoms with Gasteiger partial charge in [0.1, 0.15) is 5.76 Å². The molecule has 1 aliphatic rings. The van der Waals surface area contributed by atoms with Gasteiger partial charge in [-0.25, -0.2) is 4.98 Å². The molecule has 0 saturated heterocycles. The Balaban J connectivity index is 1.25. The molecule has 162 valence electrons. The zero-order chi connectivity index (χ0) is 21.9. The summed E-state index contributed by atoms with van der Waals surface area (Å²) >= 11 is 0. The summed E-state index contributed by atoms with van der Waals surface area (Å²) in [5.41, 5.74) is 5.38. The fourth-order valence-electron chi connectivity index (χ4n) is 4.40. The van der Waals surface area contributed by atoms with Gasteiger partial charge in [-0.3, -0.25) is 4.79 Å². The van der Waals surface area contributed by atoms with E-state index in [1.54, 1.807) is 24.9 Å². The molecule has 2 aromatic carbocycles. The van der Waals surface area contributed by atoms with Crippen molar-refractivity contribution in [2.45, 2.75) is 39.0 Å². The average Bonchev–Trinajstić information content (AvgIpc) is 3.54. The van der Waals surface area contributed by atoms with Crippen LogP contribution in [0.4, 0.5) is 5.69 Å². The number of rotatable bonds is 7. The predicted molar refractivity (Wildman–Crippen MR) is 123 cm³/mol. The topological polar surface area (TPSA) is 63.3 Å². The Kier molecular flexibility index (Phi) is 5.50. The van der Waals surface area contributed by atoms with Gasteiger partial charge in [-0.15, -0.1) is 0 Å². The predicted octanol–water partition coefficient (Wildman–Crippen LogP) is 4.41. The van der Waals surface area contributed by atoms with Crippen molar-refractivity contribution in [1.29, 1.82) is 0 Å². The highest BCUT2D eigenvalue weighted by molar-refractivity contribution is 5.95. The number of hydrogen-bond donors (Lipinski definition) is 1. The van der Waals surface area contributed by atoms with Crippen molar-refractivity contribution in [2.24, 2.45) is 0 Å². The van der Waals surface area contributed by atoms with Crippen molar-refractivity contribution in [2.75, 3.05) is 4.90 Å². The average molecular weight is 427 g/mol. The fraction of sp³-hybridized carbons (Fsp3) is 0.231. The number of para-hydroxylation sites is 1. The minimum absolute atomic E-state index is 0.117. The summed E-state index contributed by atoms with van der Waals surface area (Å²) in [5, 5.41) is 3.05. The van der Waals surface area contributed by atoms with Crippen molar-refractivity contribution >= 4 is 11.6 Å². The molecular weight excluding hydrogens is 400 g/mol. The maximum Gasteiger partial charge on any atom is 0.255 e. The van der Waals surface area contributed by atoms with Crippen molar-refractivity contribution in [1.82, 2.24) is 14.9 Å². The number of benzene rings is 2. The summed E-state index contributed by atoms with van der Waals surface area (Å²) in [6.07, 6.45) is 8.12. The molecule has 6 nitrogen and oxygen atoms in total. The molecule has 1 N–H and O–H groups in total. The second-order valence-electron chi connectivity index (χ2n) is 8.30.